The molecule has 0 aromatic heterocycles. The number of thioether (sulfide) groups is 2. The molecule has 0 bridgehead atoms. The molecule has 1 atom stereocenters. The van der Waals surface area contributed by atoms with Gasteiger partial charge in [-0.1, -0.05) is 0 Å². The summed E-state index contributed by atoms with van der Waals surface area (Å²) in [4.78, 5) is 0. The van der Waals surface area contributed by atoms with Gasteiger partial charge in [0.25, 0.3) is 0 Å². The summed E-state index contributed by atoms with van der Waals surface area (Å²) in [5, 5.41) is 0.929. The summed E-state index contributed by atoms with van der Waals surface area (Å²) in [6, 6.07) is 45.0. The molecule has 4 aromatic carbocycles. The van der Waals surface area contributed by atoms with Crippen molar-refractivity contribution in [1.82, 2.24) is 0 Å². The fourth-order valence-electron chi connectivity index (χ4n) is 5.52. The molecule has 0 nitrogen and oxygen atoms in total. The van der Waals surface area contributed by atoms with Crippen molar-refractivity contribution in [3.05, 3.63) is 127 Å². The van der Waals surface area contributed by atoms with Gasteiger partial charge in [0.15, 0.2) is 0 Å². The van der Waals surface area contributed by atoms with Crippen molar-refractivity contribution in [3.63, 3.8) is 0 Å². The van der Waals surface area contributed by atoms with Gasteiger partial charge >= 0.3 is 222 Å². The first-order valence-electron chi connectivity index (χ1n) is 11.8. The van der Waals surface area contributed by atoms with Gasteiger partial charge in [-0.3, -0.25) is 0 Å². The zero-order valence-corrected chi connectivity index (χ0v) is 23.5. The van der Waals surface area contributed by atoms with Crippen LogP contribution in [-0.4, -0.2) is 15.6 Å². The summed E-state index contributed by atoms with van der Waals surface area (Å²) in [6.45, 7) is 2.50. The molecule has 1 fully saturated rings. The van der Waals surface area contributed by atoms with Crippen LogP contribution >= 0.6 is 44.3 Å². The second kappa shape index (κ2) is 9.86. The van der Waals surface area contributed by atoms with Gasteiger partial charge in [-0.15, -0.1) is 0 Å². The van der Waals surface area contributed by atoms with Gasteiger partial charge in [0.05, 0.1) is 0 Å². The molecular formula is C30H30BrPS2. The van der Waals surface area contributed by atoms with E-state index in [9.17, 15) is 0 Å². The van der Waals surface area contributed by atoms with E-state index in [4.69, 9.17) is 15.5 Å². The number of hydrogen-bond donors (Lipinski definition) is 0. The molecule has 4 heteroatoms. The molecule has 0 spiro atoms. The molecule has 1 saturated heterocycles. The molecule has 1 aliphatic rings. The molecule has 5 rings (SSSR count). The third-order valence-corrected chi connectivity index (χ3v) is 21.2. The molecule has 0 amide bonds. The molecule has 0 aliphatic carbocycles. The SMILES string of the molecule is CC1(C(c2ccccc2)P(Br)(c2ccccc2)(c2ccccc2)c2ccccc2)SCCCS1. The van der Waals surface area contributed by atoms with Crippen molar-refractivity contribution in [1.29, 1.82) is 0 Å². The van der Waals surface area contributed by atoms with E-state index >= 15 is 0 Å². The number of hydrogen-bond acceptors (Lipinski definition) is 2. The minimum absolute atomic E-state index is 0.00243. The Hall–Kier alpha value is -1.51. The van der Waals surface area contributed by atoms with Crippen molar-refractivity contribution in [2.45, 2.75) is 23.1 Å². The van der Waals surface area contributed by atoms with Crippen LogP contribution < -0.4 is 15.9 Å². The predicted octanol–water partition coefficient (Wildman–Crippen LogP) is 8.15. The quantitative estimate of drug-likeness (QED) is 0.217. The average Bonchev–Trinajstić information content (AvgIpc) is 2.91. The van der Waals surface area contributed by atoms with E-state index in [-0.39, 0.29) is 9.74 Å². The first kappa shape index (κ1) is 24.2. The zero-order valence-electron chi connectivity index (χ0n) is 19.4. The summed E-state index contributed by atoms with van der Waals surface area (Å²) in [5.74, 6) is 2.40. The van der Waals surface area contributed by atoms with Crippen LogP contribution in [-0.2, 0) is 0 Å². The van der Waals surface area contributed by atoms with Crippen LogP contribution in [0.3, 0.4) is 0 Å². The van der Waals surface area contributed by atoms with Crippen molar-refractivity contribution in [2.75, 3.05) is 11.5 Å². The maximum atomic E-state index is 4.80. The molecule has 1 heterocycles. The molecule has 0 radical (unpaired) electrons. The van der Waals surface area contributed by atoms with Crippen LogP contribution in [0.15, 0.2) is 121 Å². The number of halogens is 1. The molecule has 1 unspecified atom stereocenters. The third kappa shape index (κ3) is 3.90. The Balaban J connectivity index is 1.98. The molecule has 1 aliphatic heterocycles. The van der Waals surface area contributed by atoms with E-state index in [1.54, 1.807) is 0 Å². The molecule has 4 aromatic rings. The number of benzene rings is 4. The molecule has 0 N–H and O–H groups in total. The predicted molar refractivity (Wildman–Crippen MR) is 161 cm³/mol. The van der Waals surface area contributed by atoms with Crippen molar-refractivity contribution in [2.24, 2.45) is 0 Å². The van der Waals surface area contributed by atoms with Crippen molar-refractivity contribution >= 4 is 60.2 Å². The van der Waals surface area contributed by atoms with E-state index in [1.165, 1.54) is 39.4 Å². The molecular weight excluding hydrogens is 535 g/mol. The first-order valence-corrected chi connectivity index (χ1v) is 18.1. The molecule has 174 valence electrons. The maximum absolute atomic E-state index is 4.80. The van der Waals surface area contributed by atoms with E-state index in [0.717, 1.165) is 0 Å². The minimum atomic E-state index is -3.22. The van der Waals surface area contributed by atoms with Crippen LogP contribution in [0.2, 0.25) is 0 Å². The summed E-state index contributed by atoms with van der Waals surface area (Å²) in [5.41, 5.74) is 1.64. The molecule has 0 saturated carbocycles. The fraction of sp³-hybridized carbons (Fsp3) is 0.200. The van der Waals surface area contributed by atoms with Gasteiger partial charge in [-0.25, -0.2) is 0 Å². The van der Waals surface area contributed by atoms with E-state index < -0.39 is 5.31 Å². The third-order valence-electron chi connectivity index (χ3n) is 6.95. The van der Waals surface area contributed by atoms with Crippen LogP contribution in [0.25, 0.3) is 0 Å². The van der Waals surface area contributed by atoms with Gasteiger partial charge in [-0.05, 0) is 0 Å². The van der Waals surface area contributed by atoms with Crippen LogP contribution in [0.1, 0.15) is 24.6 Å². The van der Waals surface area contributed by atoms with Crippen LogP contribution in [0, 0.1) is 0 Å². The summed E-state index contributed by atoms with van der Waals surface area (Å²) < 4.78 is 0.00243. The summed E-state index contributed by atoms with van der Waals surface area (Å²) in [7, 11) is 0. The van der Waals surface area contributed by atoms with Crippen LogP contribution in [0.5, 0.6) is 0 Å². The van der Waals surface area contributed by atoms with Crippen molar-refractivity contribution < 1.29 is 0 Å². The zero-order chi connectivity index (χ0) is 23.5. The van der Waals surface area contributed by atoms with E-state index in [2.05, 4.69) is 152 Å². The molecule has 34 heavy (non-hydrogen) atoms. The Kier molecular flexibility index (Phi) is 7.02. The first-order chi connectivity index (χ1) is 16.6. The van der Waals surface area contributed by atoms with Crippen molar-refractivity contribution in [3.8, 4) is 0 Å². The summed E-state index contributed by atoms with van der Waals surface area (Å²) in [6.07, 6.45) is 1.27. The Labute approximate surface area is 220 Å². The van der Waals surface area contributed by atoms with Gasteiger partial charge in [-0.2, -0.15) is 0 Å². The fourth-order valence-corrected chi connectivity index (χ4v) is 20.8. The Morgan fingerprint density at radius 3 is 1.35 bits per heavy atom. The average molecular weight is 566 g/mol. The monoisotopic (exact) mass is 564 g/mol. The standard InChI is InChI=1S/C30H30BrPS2/c1-30(33-23-14-24-34-30)29(25-15-6-2-7-16-25)32(31,26-17-8-3-9-18-26,27-19-10-4-11-20-27)28-21-12-5-13-22-28/h2-13,15-22,29H,14,23-24H2,1H3. The van der Waals surface area contributed by atoms with E-state index in [0.29, 0.717) is 0 Å². The Morgan fingerprint density at radius 2 is 0.971 bits per heavy atom. The van der Waals surface area contributed by atoms with Gasteiger partial charge in [0, 0.05) is 0 Å². The van der Waals surface area contributed by atoms with Gasteiger partial charge in [0.1, 0.15) is 0 Å². The van der Waals surface area contributed by atoms with E-state index in [1.807, 2.05) is 0 Å². The second-order valence-electron chi connectivity index (χ2n) is 8.96. The topological polar surface area (TPSA) is 0 Å². The number of rotatable bonds is 6. The summed E-state index contributed by atoms with van der Waals surface area (Å²) >= 11 is 9.08. The Bertz CT molecular complexity index is 1110. The van der Waals surface area contributed by atoms with Crippen LogP contribution in [0.4, 0.5) is 0 Å². The normalized spacial score (nSPS) is 17.9. The second-order valence-corrected chi connectivity index (χ2v) is 20.9. The Morgan fingerprint density at radius 1 is 0.618 bits per heavy atom. The van der Waals surface area contributed by atoms with Gasteiger partial charge < -0.3 is 0 Å². The van der Waals surface area contributed by atoms with Gasteiger partial charge in [0.2, 0.25) is 0 Å².